The van der Waals surface area contributed by atoms with Gasteiger partial charge in [-0.25, -0.2) is 0 Å². The average molecular weight is 228 g/mol. The van der Waals surface area contributed by atoms with Crippen LogP contribution in [0.1, 0.15) is 25.0 Å². The van der Waals surface area contributed by atoms with Crippen LogP contribution in [-0.4, -0.2) is 0 Å². The van der Waals surface area contributed by atoms with E-state index < -0.39 is 0 Å². The molecule has 0 aromatic heterocycles. The molecule has 1 aromatic carbocycles. The normalized spacial score (nSPS) is 11.8. The molecule has 0 unspecified atom stereocenters. The van der Waals surface area contributed by atoms with E-state index in [0.29, 0.717) is 0 Å². The van der Waals surface area contributed by atoms with Crippen LogP contribution < -0.4 is 5.73 Å². The van der Waals surface area contributed by atoms with Crippen molar-refractivity contribution in [3.63, 3.8) is 0 Å². The van der Waals surface area contributed by atoms with E-state index in [2.05, 4.69) is 28.9 Å². The van der Waals surface area contributed by atoms with Crippen molar-refractivity contribution in [2.24, 2.45) is 5.73 Å². The van der Waals surface area contributed by atoms with Crippen molar-refractivity contribution in [3.05, 3.63) is 33.8 Å². The first-order chi connectivity index (χ1) is 5.43. The smallest absolute Gasteiger partial charge is 0.0355 e. The van der Waals surface area contributed by atoms with E-state index in [1.165, 1.54) is 11.1 Å². The summed E-state index contributed by atoms with van der Waals surface area (Å²) in [7, 11) is 0. The van der Waals surface area contributed by atoms with Crippen molar-refractivity contribution in [1.82, 2.24) is 0 Å². The van der Waals surface area contributed by atoms with Gasteiger partial charge in [0.1, 0.15) is 0 Å². The molecule has 0 aliphatic heterocycles. The molecule has 0 aliphatic rings. The molecule has 1 nitrogen and oxygen atoms in total. The summed E-state index contributed by atoms with van der Waals surface area (Å²) in [5.41, 5.74) is 8.17. The van der Waals surface area contributed by atoms with Gasteiger partial charge in [0, 0.05) is 10.0 Å². The SMILES string of the molecule is Cc1c(Br)cccc1C(C)(C)N. The van der Waals surface area contributed by atoms with Gasteiger partial charge in [-0.2, -0.15) is 0 Å². The molecule has 0 aliphatic carbocycles. The lowest BCUT2D eigenvalue weighted by atomic mass is 9.92. The maximum absolute atomic E-state index is 6.01. The Hall–Kier alpha value is -0.340. The quantitative estimate of drug-likeness (QED) is 0.785. The van der Waals surface area contributed by atoms with E-state index >= 15 is 0 Å². The zero-order valence-electron chi connectivity index (χ0n) is 7.69. The van der Waals surface area contributed by atoms with Crippen LogP contribution in [0.25, 0.3) is 0 Å². The highest BCUT2D eigenvalue weighted by Gasteiger charge is 2.16. The van der Waals surface area contributed by atoms with Gasteiger partial charge in [-0.1, -0.05) is 28.1 Å². The van der Waals surface area contributed by atoms with E-state index in [9.17, 15) is 0 Å². The Balaban J connectivity index is 3.26. The molecule has 0 radical (unpaired) electrons. The van der Waals surface area contributed by atoms with Gasteiger partial charge in [0.2, 0.25) is 0 Å². The molecule has 0 saturated heterocycles. The summed E-state index contributed by atoms with van der Waals surface area (Å²) in [5, 5.41) is 0. The second-order valence-electron chi connectivity index (χ2n) is 3.63. The third kappa shape index (κ3) is 1.87. The van der Waals surface area contributed by atoms with E-state index in [-0.39, 0.29) is 5.54 Å². The van der Waals surface area contributed by atoms with Crippen molar-refractivity contribution in [2.75, 3.05) is 0 Å². The Kier molecular flexibility index (Phi) is 2.59. The van der Waals surface area contributed by atoms with Crippen LogP contribution in [0.4, 0.5) is 0 Å². The van der Waals surface area contributed by atoms with Crippen molar-refractivity contribution < 1.29 is 0 Å². The fourth-order valence-electron chi connectivity index (χ4n) is 1.31. The van der Waals surface area contributed by atoms with Crippen LogP contribution in [0, 0.1) is 6.92 Å². The predicted molar refractivity (Wildman–Crippen MR) is 56.1 cm³/mol. The minimum Gasteiger partial charge on any atom is -0.322 e. The Morgan fingerprint density at radius 3 is 2.33 bits per heavy atom. The lowest BCUT2D eigenvalue weighted by molar-refractivity contribution is 0.550. The molecule has 0 fully saturated rings. The highest BCUT2D eigenvalue weighted by atomic mass is 79.9. The summed E-state index contributed by atoms with van der Waals surface area (Å²) in [4.78, 5) is 0. The van der Waals surface area contributed by atoms with Crippen LogP contribution in [0.2, 0.25) is 0 Å². The monoisotopic (exact) mass is 227 g/mol. The molecule has 0 heterocycles. The standard InChI is InChI=1S/C10H14BrN/c1-7-8(10(2,3)12)5-4-6-9(7)11/h4-6H,12H2,1-3H3. The number of hydrogen-bond acceptors (Lipinski definition) is 1. The van der Waals surface area contributed by atoms with E-state index in [4.69, 9.17) is 5.73 Å². The van der Waals surface area contributed by atoms with E-state index in [1.54, 1.807) is 0 Å². The van der Waals surface area contributed by atoms with Gasteiger partial charge < -0.3 is 5.73 Å². The molecule has 0 bridgehead atoms. The molecular formula is C10H14BrN. The number of halogens is 1. The molecule has 66 valence electrons. The largest absolute Gasteiger partial charge is 0.322 e. The summed E-state index contributed by atoms with van der Waals surface area (Å²) < 4.78 is 1.12. The van der Waals surface area contributed by atoms with Gasteiger partial charge in [0.05, 0.1) is 0 Å². The Bertz CT molecular complexity index is 286. The fourth-order valence-corrected chi connectivity index (χ4v) is 1.67. The summed E-state index contributed by atoms with van der Waals surface area (Å²) in [6.45, 7) is 6.11. The van der Waals surface area contributed by atoms with Gasteiger partial charge in [0.15, 0.2) is 0 Å². The predicted octanol–water partition coefficient (Wildman–Crippen LogP) is 2.95. The molecular weight excluding hydrogens is 214 g/mol. The van der Waals surface area contributed by atoms with Gasteiger partial charge in [-0.05, 0) is 38.0 Å². The zero-order chi connectivity index (χ0) is 9.35. The Labute approximate surface area is 82.1 Å². The zero-order valence-corrected chi connectivity index (χ0v) is 9.27. The second-order valence-corrected chi connectivity index (χ2v) is 4.49. The molecule has 12 heavy (non-hydrogen) atoms. The topological polar surface area (TPSA) is 26.0 Å². The van der Waals surface area contributed by atoms with Crippen LogP contribution in [0.15, 0.2) is 22.7 Å². The van der Waals surface area contributed by atoms with Crippen molar-refractivity contribution in [2.45, 2.75) is 26.3 Å². The van der Waals surface area contributed by atoms with Crippen LogP contribution in [0.5, 0.6) is 0 Å². The highest BCUT2D eigenvalue weighted by Crippen LogP contribution is 2.26. The average Bonchev–Trinajstić information content (AvgIpc) is 1.92. The Morgan fingerprint density at radius 2 is 1.92 bits per heavy atom. The maximum Gasteiger partial charge on any atom is 0.0355 e. The Morgan fingerprint density at radius 1 is 1.33 bits per heavy atom. The molecule has 2 heteroatoms. The van der Waals surface area contributed by atoms with Gasteiger partial charge in [0.25, 0.3) is 0 Å². The number of nitrogens with two attached hydrogens (primary N) is 1. The third-order valence-electron chi connectivity index (χ3n) is 1.96. The first kappa shape index (κ1) is 9.75. The molecule has 0 saturated carbocycles. The summed E-state index contributed by atoms with van der Waals surface area (Å²) >= 11 is 3.48. The molecule has 1 rings (SSSR count). The van der Waals surface area contributed by atoms with E-state index in [1.807, 2.05) is 26.0 Å². The first-order valence-electron chi connectivity index (χ1n) is 3.97. The molecule has 2 N–H and O–H groups in total. The van der Waals surface area contributed by atoms with Crippen molar-refractivity contribution in [1.29, 1.82) is 0 Å². The summed E-state index contributed by atoms with van der Waals surface area (Å²) in [6, 6.07) is 6.12. The second kappa shape index (κ2) is 3.19. The third-order valence-corrected chi connectivity index (χ3v) is 2.82. The molecule has 1 aromatic rings. The van der Waals surface area contributed by atoms with Gasteiger partial charge in [-0.3, -0.25) is 0 Å². The lowest BCUT2D eigenvalue weighted by Crippen LogP contribution is -2.29. The van der Waals surface area contributed by atoms with Crippen molar-refractivity contribution in [3.8, 4) is 0 Å². The van der Waals surface area contributed by atoms with E-state index in [0.717, 1.165) is 4.47 Å². The van der Waals surface area contributed by atoms with Crippen molar-refractivity contribution >= 4 is 15.9 Å². The maximum atomic E-state index is 6.01. The number of benzene rings is 1. The fraction of sp³-hybridized carbons (Fsp3) is 0.400. The minimum absolute atomic E-state index is 0.256. The van der Waals surface area contributed by atoms with Crippen LogP contribution >= 0.6 is 15.9 Å². The molecule has 0 spiro atoms. The first-order valence-corrected chi connectivity index (χ1v) is 4.76. The molecule has 0 amide bonds. The lowest BCUT2D eigenvalue weighted by Gasteiger charge is -2.22. The number of rotatable bonds is 1. The summed E-state index contributed by atoms with van der Waals surface area (Å²) in [5.74, 6) is 0. The highest BCUT2D eigenvalue weighted by molar-refractivity contribution is 9.10. The summed E-state index contributed by atoms with van der Waals surface area (Å²) in [6.07, 6.45) is 0. The van der Waals surface area contributed by atoms with Gasteiger partial charge >= 0.3 is 0 Å². The number of hydrogen-bond donors (Lipinski definition) is 1. The van der Waals surface area contributed by atoms with Crippen LogP contribution in [-0.2, 0) is 5.54 Å². The van der Waals surface area contributed by atoms with Crippen LogP contribution in [0.3, 0.4) is 0 Å². The van der Waals surface area contributed by atoms with Gasteiger partial charge in [-0.15, -0.1) is 0 Å². The minimum atomic E-state index is -0.256. The molecule has 0 atom stereocenters.